The van der Waals surface area contributed by atoms with E-state index in [1.165, 1.54) is 6.33 Å². The number of methoxy groups -OCH3 is 1. The van der Waals surface area contributed by atoms with Crippen LogP contribution in [0.1, 0.15) is 18.4 Å². The van der Waals surface area contributed by atoms with Crippen LogP contribution in [0.5, 0.6) is 5.75 Å². The smallest absolute Gasteiger partial charge is 0.225 e. The van der Waals surface area contributed by atoms with Gasteiger partial charge in [-0.25, -0.2) is 15.0 Å². The zero-order valence-corrected chi connectivity index (χ0v) is 15.2. The lowest BCUT2D eigenvalue weighted by Gasteiger charge is -2.32. The first-order valence-corrected chi connectivity index (χ1v) is 9.04. The van der Waals surface area contributed by atoms with Gasteiger partial charge in [-0.1, -0.05) is 12.1 Å². The van der Waals surface area contributed by atoms with Crippen LogP contribution in [0.4, 0.5) is 5.82 Å². The molecule has 1 saturated heterocycles. The van der Waals surface area contributed by atoms with Crippen molar-refractivity contribution in [3.05, 3.63) is 42.5 Å². The van der Waals surface area contributed by atoms with Gasteiger partial charge in [0, 0.05) is 19.6 Å². The maximum Gasteiger partial charge on any atom is 0.225 e. The monoisotopic (exact) mass is 366 g/mol. The van der Waals surface area contributed by atoms with Crippen LogP contribution in [0.3, 0.4) is 0 Å². The minimum atomic E-state index is -0.0719. The number of imidazole rings is 1. The highest BCUT2D eigenvalue weighted by Gasteiger charge is 2.27. The SMILES string of the molecule is COc1cccc(CNC(=O)[C@@H]2CCCN(c3ncnc4nc[nH]c34)C2)c1. The number of H-pyrrole nitrogens is 1. The van der Waals surface area contributed by atoms with E-state index in [2.05, 4.69) is 30.2 Å². The van der Waals surface area contributed by atoms with Crippen molar-refractivity contribution in [1.82, 2.24) is 25.3 Å². The number of nitrogens with one attached hydrogen (secondary N) is 2. The fraction of sp³-hybridized carbons (Fsp3) is 0.368. The Labute approximate surface area is 157 Å². The predicted molar refractivity (Wildman–Crippen MR) is 101 cm³/mol. The number of ether oxygens (including phenoxy) is 1. The number of aromatic nitrogens is 4. The Morgan fingerprint density at radius 3 is 3.19 bits per heavy atom. The molecule has 8 heteroatoms. The number of aromatic amines is 1. The molecule has 27 heavy (non-hydrogen) atoms. The van der Waals surface area contributed by atoms with Gasteiger partial charge in [0.2, 0.25) is 5.91 Å². The van der Waals surface area contributed by atoms with E-state index in [4.69, 9.17) is 4.74 Å². The lowest BCUT2D eigenvalue weighted by Crippen LogP contribution is -2.43. The quantitative estimate of drug-likeness (QED) is 0.716. The second kappa shape index (κ2) is 7.61. The van der Waals surface area contributed by atoms with Gasteiger partial charge in [-0.2, -0.15) is 0 Å². The third-order valence-corrected chi connectivity index (χ3v) is 4.90. The van der Waals surface area contributed by atoms with Crippen LogP contribution < -0.4 is 15.0 Å². The van der Waals surface area contributed by atoms with Crippen LogP contribution in [0, 0.1) is 5.92 Å². The van der Waals surface area contributed by atoms with Crippen molar-refractivity contribution >= 4 is 22.9 Å². The number of anilines is 1. The van der Waals surface area contributed by atoms with Crippen LogP contribution in [-0.2, 0) is 11.3 Å². The number of amides is 1. The van der Waals surface area contributed by atoms with Gasteiger partial charge in [0.1, 0.15) is 17.6 Å². The molecule has 0 unspecified atom stereocenters. The summed E-state index contributed by atoms with van der Waals surface area (Å²) < 4.78 is 5.23. The van der Waals surface area contributed by atoms with Crippen molar-refractivity contribution in [3.8, 4) is 5.75 Å². The number of carbonyl (C=O) groups is 1. The number of hydrogen-bond acceptors (Lipinski definition) is 6. The van der Waals surface area contributed by atoms with Gasteiger partial charge < -0.3 is 19.9 Å². The average molecular weight is 366 g/mol. The number of hydrogen-bond donors (Lipinski definition) is 2. The van der Waals surface area contributed by atoms with E-state index < -0.39 is 0 Å². The molecule has 3 heterocycles. The summed E-state index contributed by atoms with van der Waals surface area (Å²) in [6.07, 6.45) is 4.95. The molecule has 1 atom stereocenters. The molecule has 0 spiro atoms. The lowest BCUT2D eigenvalue weighted by molar-refractivity contribution is -0.125. The van der Waals surface area contributed by atoms with E-state index in [0.29, 0.717) is 18.7 Å². The molecule has 0 saturated carbocycles. The Morgan fingerprint density at radius 1 is 1.37 bits per heavy atom. The zero-order valence-electron chi connectivity index (χ0n) is 15.2. The van der Waals surface area contributed by atoms with E-state index in [9.17, 15) is 4.79 Å². The van der Waals surface area contributed by atoms with Crippen LogP contribution in [0.15, 0.2) is 36.9 Å². The molecule has 2 aromatic heterocycles. The minimum absolute atomic E-state index is 0.0671. The van der Waals surface area contributed by atoms with E-state index in [0.717, 1.165) is 42.0 Å². The van der Waals surface area contributed by atoms with E-state index in [-0.39, 0.29) is 11.8 Å². The second-order valence-electron chi connectivity index (χ2n) is 6.65. The molecular weight excluding hydrogens is 344 g/mol. The molecule has 8 nitrogen and oxygen atoms in total. The highest BCUT2D eigenvalue weighted by Crippen LogP contribution is 2.25. The standard InChI is InChI=1S/C19H22N6O2/c1-27-15-6-2-4-13(8-15)9-20-19(26)14-5-3-7-25(10-14)18-16-17(22-11-21-16)23-12-24-18/h2,4,6,8,11-12,14H,3,5,7,9-10H2,1H3,(H,20,26)(H,21,22,23,24)/t14-/m1/s1. The molecule has 4 rings (SSSR count). The molecule has 0 bridgehead atoms. The molecule has 1 aliphatic rings. The summed E-state index contributed by atoms with van der Waals surface area (Å²) in [6.45, 7) is 1.99. The van der Waals surface area contributed by atoms with Gasteiger partial charge in [0.15, 0.2) is 11.5 Å². The number of nitrogens with zero attached hydrogens (tertiary/aromatic N) is 4. The van der Waals surface area contributed by atoms with E-state index in [1.54, 1.807) is 13.4 Å². The van der Waals surface area contributed by atoms with Crippen LogP contribution in [0.25, 0.3) is 11.2 Å². The largest absolute Gasteiger partial charge is 0.497 e. The van der Waals surface area contributed by atoms with Crippen LogP contribution >= 0.6 is 0 Å². The fourth-order valence-electron chi connectivity index (χ4n) is 3.49. The van der Waals surface area contributed by atoms with Crippen molar-refractivity contribution in [2.45, 2.75) is 19.4 Å². The van der Waals surface area contributed by atoms with Gasteiger partial charge >= 0.3 is 0 Å². The van der Waals surface area contributed by atoms with Gasteiger partial charge in [-0.15, -0.1) is 0 Å². The Hall–Kier alpha value is -3.16. The van der Waals surface area contributed by atoms with E-state index in [1.807, 2.05) is 24.3 Å². The van der Waals surface area contributed by atoms with E-state index >= 15 is 0 Å². The van der Waals surface area contributed by atoms with Crippen molar-refractivity contribution in [2.24, 2.45) is 5.92 Å². The van der Waals surface area contributed by atoms with Crippen molar-refractivity contribution < 1.29 is 9.53 Å². The van der Waals surface area contributed by atoms with Crippen molar-refractivity contribution in [2.75, 3.05) is 25.1 Å². The average Bonchev–Trinajstić information content (AvgIpc) is 3.21. The Kier molecular flexibility index (Phi) is 4.86. The molecule has 1 aromatic carbocycles. The first kappa shape index (κ1) is 17.3. The Balaban J connectivity index is 1.41. The van der Waals surface area contributed by atoms with Crippen molar-refractivity contribution in [1.29, 1.82) is 0 Å². The third kappa shape index (κ3) is 3.69. The fourth-order valence-corrected chi connectivity index (χ4v) is 3.49. The molecule has 0 aliphatic carbocycles. The highest BCUT2D eigenvalue weighted by atomic mass is 16.5. The summed E-state index contributed by atoms with van der Waals surface area (Å²) in [6, 6.07) is 7.73. The first-order valence-electron chi connectivity index (χ1n) is 9.04. The molecule has 1 fully saturated rings. The topological polar surface area (TPSA) is 96.0 Å². The number of carbonyl (C=O) groups excluding carboxylic acids is 1. The number of rotatable bonds is 5. The summed E-state index contributed by atoms with van der Waals surface area (Å²) >= 11 is 0. The minimum Gasteiger partial charge on any atom is -0.497 e. The summed E-state index contributed by atoms with van der Waals surface area (Å²) in [5.41, 5.74) is 2.48. The molecule has 140 valence electrons. The van der Waals surface area contributed by atoms with Crippen LogP contribution in [0.2, 0.25) is 0 Å². The summed E-state index contributed by atoms with van der Waals surface area (Å²) in [5.74, 6) is 1.59. The maximum atomic E-state index is 12.7. The summed E-state index contributed by atoms with van der Waals surface area (Å²) in [5, 5.41) is 3.05. The van der Waals surface area contributed by atoms with Crippen molar-refractivity contribution in [3.63, 3.8) is 0 Å². The number of piperidine rings is 1. The van der Waals surface area contributed by atoms with Gasteiger partial charge in [-0.3, -0.25) is 4.79 Å². The summed E-state index contributed by atoms with van der Waals surface area (Å²) in [7, 11) is 1.64. The molecule has 2 N–H and O–H groups in total. The second-order valence-corrected chi connectivity index (χ2v) is 6.65. The Bertz CT molecular complexity index is 941. The third-order valence-electron chi connectivity index (χ3n) is 4.90. The van der Waals surface area contributed by atoms with Gasteiger partial charge in [0.05, 0.1) is 19.4 Å². The first-order chi connectivity index (χ1) is 13.2. The summed E-state index contributed by atoms with van der Waals surface area (Å²) in [4.78, 5) is 30.7. The zero-order chi connectivity index (χ0) is 18.6. The number of fused-ring (bicyclic) bond motifs is 1. The molecule has 3 aromatic rings. The van der Waals surface area contributed by atoms with Gasteiger partial charge in [-0.05, 0) is 30.5 Å². The molecule has 1 amide bonds. The number of benzene rings is 1. The molecule has 1 aliphatic heterocycles. The maximum absolute atomic E-state index is 12.7. The highest BCUT2D eigenvalue weighted by molar-refractivity contribution is 5.84. The van der Waals surface area contributed by atoms with Crippen LogP contribution in [-0.4, -0.2) is 46.0 Å². The molecular formula is C19H22N6O2. The predicted octanol–water partition coefficient (Wildman–Crippen LogP) is 1.89. The normalized spacial score (nSPS) is 17.1. The molecule has 0 radical (unpaired) electrons. The lowest BCUT2D eigenvalue weighted by atomic mass is 9.97. The Morgan fingerprint density at radius 2 is 2.30 bits per heavy atom. The van der Waals surface area contributed by atoms with Gasteiger partial charge in [0.25, 0.3) is 0 Å².